The van der Waals surface area contributed by atoms with Crippen molar-refractivity contribution < 1.29 is 17.6 Å². The number of rotatable bonds is 6. The van der Waals surface area contributed by atoms with Gasteiger partial charge < -0.3 is 0 Å². The molecule has 0 radical (unpaired) electrons. The molecule has 0 saturated heterocycles. The van der Waals surface area contributed by atoms with Crippen LogP contribution in [-0.4, -0.2) is 0 Å². The molecule has 0 nitrogen and oxygen atoms in total. The van der Waals surface area contributed by atoms with E-state index in [1.807, 2.05) is 12.1 Å². The van der Waals surface area contributed by atoms with Crippen molar-refractivity contribution in [2.75, 3.05) is 0 Å². The maximum absolute atomic E-state index is 13.9. The molecule has 0 aromatic heterocycles. The maximum Gasteiger partial charge on any atom is 0.419 e. The zero-order valence-corrected chi connectivity index (χ0v) is 17.8. The lowest BCUT2D eigenvalue weighted by Crippen LogP contribution is -2.07. The first kappa shape index (κ1) is 22.1. The van der Waals surface area contributed by atoms with E-state index in [1.165, 1.54) is 36.3 Å². The van der Waals surface area contributed by atoms with Gasteiger partial charge in [-0.15, -0.1) is 0 Å². The maximum atomic E-state index is 13.9. The van der Waals surface area contributed by atoms with Gasteiger partial charge in [-0.2, -0.15) is 13.2 Å². The van der Waals surface area contributed by atoms with Crippen molar-refractivity contribution in [3.63, 3.8) is 0 Å². The minimum absolute atomic E-state index is 0.413. The lowest BCUT2D eigenvalue weighted by atomic mass is 9.96. The number of hydrogen-bond acceptors (Lipinski definition) is 0. The summed E-state index contributed by atoms with van der Waals surface area (Å²) < 4.78 is 52.3. The van der Waals surface area contributed by atoms with E-state index in [2.05, 4.69) is 43.3 Å². The van der Waals surface area contributed by atoms with E-state index in [1.54, 1.807) is 12.1 Å². The molecule has 4 rings (SSSR count). The first-order valence-corrected chi connectivity index (χ1v) is 10.9. The number of hydrogen-bond donors (Lipinski definition) is 0. The van der Waals surface area contributed by atoms with Gasteiger partial charge in [-0.3, -0.25) is 0 Å². The molecule has 0 atom stereocenters. The second-order valence-electron chi connectivity index (χ2n) is 8.12. The van der Waals surface area contributed by atoms with Crippen LogP contribution >= 0.6 is 0 Å². The van der Waals surface area contributed by atoms with Crippen LogP contribution in [-0.2, 0) is 12.6 Å². The predicted octanol–water partition coefficient (Wildman–Crippen LogP) is 9.06. The topological polar surface area (TPSA) is 0 Å². The highest BCUT2D eigenvalue weighted by atomic mass is 19.4. The van der Waals surface area contributed by atoms with Crippen molar-refractivity contribution in [2.24, 2.45) is 0 Å². The second-order valence-corrected chi connectivity index (χ2v) is 8.12. The zero-order chi connectivity index (χ0) is 22.7. The van der Waals surface area contributed by atoms with Crippen molar-refractivity contribution in [2.45, 2.75) is 38.8 Å². The fourth-order valence-corrected chi connectivity index (χ4v) is 3.99. The van der Waals surface area contributed by atoms with Crippen LogP contribution in [0.25, 0.3) is 33.0 Å². The molecule has 0 aliphatic rings. The van der Waals surface area contributed by atoms with Crippen LogP contribution < -0.4 is 0 Å². The number of aryl methyl sites for hydroxylation is 1. The van der Waals surface area contributed by atoms with Gasteiger partial charge >= 0.3 is 6.18 Å². The van der Waals surface area contributed by atoms with Gasteiger partial charge in [0, 0.05) is 0 Å². The van der Waals surface area contributed by atoms with E-state index in [9.17, 15) is 17.6 Å². The Hall–Kier alpha value is -3.14. The normalized spacial score (nSPS) is 11.8. The summed E-state index contributed by atoms with van der Waals surface area (Å²) >= 11 is 0. The molecule has 4 aromatic carbocycles. The first-order valence-electron chi connectivity index (χ1n) is 10.9. The summed E-state index contributed by atoms with van der Waals surface area (Å²) in [5, 5.41) is 2.37. The minimum Gasteiger partial charge on any atom is -0.206 e. The molecule has 32 heavy (non-hydrogen) atoms. The number of alkyl halides is 3. The molecular weight excluding hydrogens is 412 g/mol. The number of fused-ring (bicyclic) bond motifs is 1. The monoisotopic (exact) mass is 436 g/mol. The Labute approximate surface area is 185 Å². The van der Waals surface area contributed by atoms with Gasteiger partial charge in [0.15, 0.2) is 0 Å². The first-order chi connectivity index (χ1) is 15.3. The number of benzene rings is 4. The lowest BCUT2D eigenvalue weighted by Gasteiger charge is -2.10. The second kappa shape index (κ2) is 9.15. The molecule has 0 saturated carbocycles. The number of unbranched alkanes of at least 4 members (excludes halogenated alkanes) is 2. The molecule has 0 spiro atoms. The SMILES string of the molecule is CCCCCc1ccc2cc(-c3ccc(-c4ccc(C(F)(F)F)c(F)c4)cc3)ccc2c1. The quantitative estimate of drug-likeness (QED) is 0.209. The Kier molecular flexibility index (Phi) is 6.31. The summed E-state index contributed by atoms with van der Waals surface area (Å²) in [6, 6.07) is 23.4. The molecular formula is C28H24F4. The molecule has 0 fully saturated rings. The molecule has 4 aromatic rings. The van der Waals surface area contributed by atoms with Gasteiger partial charge in [-0.1, -0.05) is 80.4 Å². The molecule has 0 bridgehead atoms. The Bertz CT molecular complexity index is 1220. The van der Waals surface area contributed by atoms with Crippen molar-refractivity contribution in [1.29, 1.82) is 0 Å². The van der Waals surface area contributed by atoms with Crippen LogP contribution in [0.5, 0.6) is 0 Å². The lowest BCUT2D eigenvalue weighted by molar-refractivity contribution is -0.139. The van der Waals surface area contributed by atoms with Crippen LogP contribution in [0.1, 0.15) is 37.3 Å². The van der Waals surface area contributed by atoms with Crippen molar-refractivity contribution >= 4 is 10.8 Å². The van der Waals surface area contributed by atoms with Crippen LogP contribution in [0.4, 0.5) is 17.6 Å². The van der Waals surface area contributed by atoms with E-state index < -0.39 is 17.6 Å². The zero-order valence-electron chi connectivity index (χ0n) is 17.8. The molecule has 0 aliphatic heterocycles. The van der Waals surface area contributed by atoms with Crippen LogP contribution in [0.15, 0.2) is 78.9 Å². The summed E-state index contributed by atoms with van der Waals surface area (Å²) in [4.78, 5) is 0. The molecule has 164 valence electrons. The van der Waals surface area contributed by atoms with Gasteiger partial charge in [0.25, 0.3) is 0 Å². The summed E-state index contributed by atoms with van der Waals surface area (Å²) in [5.41, 5.74) is 3.24. The van der Waals surface area contributed by atoms with Gasteiger partial charge in [0.2, 0.25) is 0 Å². The van der Waals surface area contributed by atoms with Crippen LogP contribution in [0.2, 0.25) is 0 Å². The van der Waals surface area contributed by atoms with Gasteiger partial charge in [-0.05, 0) is 69.6 Å². The Balaban J connectivity index is 1.56. The molecule has 0 N–H and O–H groups in total. The van der Waals surface area contributed by atoms with Gasteiger partial charge in [-0.25, -0.2) is 4.39 Å². The van der Waals surface area contributed by atoms with E-state index in [-0.39, 0.29) is 0 Å². The summed E-state index contributed by atoms with van der Waals surface area (Å²) in [6.07, 6.45) is 0.0568. The minimum atomic E-state index is -4.70. The number of halogens is 4. The van der Waals surface area contributed by atoms with Crippen LogP contribution in [0.3, 0.4) is 0 Å². The Morgan fingerprint density at radius 1 is 0.625 bits per heavy atom. The third-order valence-electron chi connectivity index (χ3n) is 5.80. The fourth-order valence-electron chi connectivity index (χ4n) is 3.99. The average molecular weight is 436 g/mol. The highest BCUT2D eigenvalue weighted by Crippen LogP contribution is 2.34. The van der Waals surface area contributed by atoms with Gasteiger partial charge in [0.05, 0.1) is 5.56 Å². The smallest absolute Gasteiger partial charge is 0.206 e. The third-order valence-corrected chi connectivity index (χ3v) is 5.80. The highest BCUT2D eigenvalue weighted by Gasteiger charge is 2.33. The van der Waals surface area contributed by atoms with Crippen molar-refractivity contribution in [1.82, 2.24) is 0 Å². The van der Waals surface area contributed by atoms with Crippen molar-refractivity contribution in [3.8, 4) is 22.3 Å². The van der Waals surface area contributed by atoms with E-state index in [0.29, 0.717) is 11.1 Å². The van der Waals surface area contributed by atoms with E-state index in [0.717, 1.165) is 35.1 Å². The Morgan fingerprint density at radius 2 is 1.19 bits per heavy atom. The molecule has 0 amide bonds. The Morgan fingerprint density at radius 3 is 1.81 bits per heavy atom. The van der Waals surface area contributed by atoms with Crippen molar-refractivity contribution in [3.05, 3.63) is 95.8 Å². The van der Waals surface area contributed by atoms with E-state index >= 15 is 0 Å². The molecule has 4 heteroatoms. The molecule has 0 unspecified atom stereocenters. The molecule has 0 heterocycles. The van der Waals surface area contributed by atoms with Crippen LogP contribution in [0, 0.1) is 5.82 Å². The largest absolute Gasteiger partial charge is 0.419 e. The summed E-state index contributed by atoms with van der Waals surface area (Å²) in [7, 11) is 0. The van der Waals surface area contributed by atoms with Gasteiger partial charge in [0.1, 0.15) is 5.82 Å². The highest BCUT2D eigenvalue weighted by molar-refractivity contribution is 5.88. The third kappa shape index (κ3) is 4.85. The fraction of sp³-hybridized carbons (Fsp3) is 0.214. The summed E-state index contributed by atoms with van der Waals surface area (Å²) in [5.74, 6) is -1.26. The molecule has 0 aliphatic carbocycles. The summed E-state index contributed by atoms with van der Waals surface area (Å²) in [6.45, 7) is 2.20. The standard InChI is InChI=1S/C28H24F4/c1-2-3-4-5-19-6-7-24-17-23(13-12-22(24)16-19)20-8-10-21(11-9-20)25-14-15-26(27(29)18-25)28(30,31)32/h6-18H,2-5H2,1H3. The van der Waals surface area contributed by atoms with E-state index in [4.69, 9.17) is 0 Å². The predicted molar refractivity (Wildman–Crippen MR) is 123 cm³/mol. The average Bonchev–Trinajstić information content (AvgIpc) is 2.78.